The third kappa shape index (κ3) is 4.34. The molecule has 8 nitrogen and oxygen atoms in total. The van der Waals surface area contributed by atoms with E-state index in [2.05, 4.69) is 25.6 Å². The Hall–Kier alpha value is -3.00. The Balaban J connectivity index is 1.82. The van der Waals surface area contributed by atoms with Crippen LogP contribution in [0.15, 0.2) is 41.5 Å². The first kappa shape index (κ1) is 17.8. The van der Waals surface area contributed by atoms with E-state index < -0.39 is 0 Å². The summed E-state index contributed by atoms with van der Waals surface area (Å²) in [5, 5.41) is 6.45. The van der Waals surface area contributed by atoms with E-state index in [0.717, 1.165) is 5.56 Å². The molecule has 0 saturated carbocycles. The molecule has 0 fully saturated rings. The number of halogens is 1. The monoisotopic (exact) mass is 372 g/mol. The van der Waals surface area contributed by atoms with E-state index in [1.54, 1.807) is 6.20 Å². The minimum absolute atomic E-state index is 0.156. The molecule has 0 radical (unpaired) electrons. The van der Waals surface area contributed by atoms with E-state index in [0.29, 0.717) is 41.8 Å². The normalized spacial score (nSPS) is 10.7. The van der Waals surface area contributed by atoms with Crippen molar-refractivity contribution in [1.82, 2.24) is 24.8 Å². The second-order valence-corrected chi connectivity index (χ2v) is 6.05. The van der Waals surface area contributed by atoms with Crippen LogP contribution in [-0.2, 0) is 17.9 Å². The summed E-state index contributed by atoms with van der Waals surface area (Å²) in [5.41, 5.74) is 1.65. The van der Waals surface area contributed by atoms with Gasteiger partial charge in [0.05, 0.1) is 12.4 Å². The van der Waals surface area contributed by atoms with Crippen molar-refractivity contribution in [1.29, 1.82) is 0 Å². The minimum atomic E-state index is -0.287. The van der Waals surface area contributed by atoms with Gasteiger partial charge in [0.2, 0.25) is 11.9 Å². The minimum Gasteiger partial charge on any atom is -0.355 e. The molecule has 0 aliphatic rings. The van der Waals surface area contributed by atoms with Crippen LogP contribution in [0.2, 0.25) is 5.02 Å². The fourth-order valence-corrected chi connectivity index (χ4v) is 2.51. The summed E-state index contributed by atoms with van der Waals surface area (Å²) >= 11 is 5.88. The number of hydrogen-bond donors (Lipinski definition) is 2. The zero-order valence-electron chi connectivity index (χ0n) is 14.1. The Kier molecular flexibility index (Phi) is 5.43. The molecule has 2 heterocycles. The van der Waals surface area contributed by atoms with Crippen LogP contribution in [0.25, 0.3) is 11.2 Å². The second kappa shape index (κ2) is 7.92. The van der Waals surface area contributed by atoms with Crippen LogP contribution < -0.4 is 16.2 Å². The Morgan fingerprint density at radius 3 is 2.69 bits per heavy atom. The lowest BCUT2D eigenvalue weighted by atomic mass is 10.2. The third-order valence-electron chi connectivity index (χ3n) is 3.66. The quantitative estimate of drug-likeness (QED) is 0.681. The van der Waals surface area contributed by atoms with E-state index in [-0.39, 0.29) is 11.5 Å². The van der Waals surface area contributed by atoms with Crippen LogP contribution in [0.5, 0.6) is 0 Å². The van der Waals surface area contributed by atoms with Crippen molar-refractivity contribution < 1.29 is 4.79 Å². The maximum Gasteiger partial charge on any atom is 0.270 e. The Labute approximate surface area is 154 Å². The number of rotatable bonds is 6. The number of nitrogens with zero attached hydrogens (tertiary/aromatic N) is 4. The number of aromatic nitrogens is 4. The van der Waals surface area contributed by atoms with Gasteiger partial charge in [-0.15, -0.1) is 0 Å². The highest BCUT2D eigenvalue weighted by atomic mass is 35.5. The van der Waals surface area contributed by atoms with Crippen molar-refractivity contribution in [2.75, 3.05) is 11.9 Å². The van der Waals surface area contributed by atoms with Crippen LogP contribution in [0.3, 0.4) is 0 Å². The Morgan fingerprint density at radius 2 is 1.96 bits per heavy atom. The fourth-order valence-electron chi connectivity index (χ4n) is 2.38. The molecule has 1 aromatic carbocycles. The average molecular weight is 373 g/mol. The molecule has 0 spiro atoms. The van der Waals surface area contributed by atoms with Crippen LogP contribution >= 0.6 is 11.6 Å². The Morgan fingerprint density at radius 1 is 1.19 bits per heavy atom. The summed E-state index contributed by atoms with van der Waals surface area (Å²) in [6.45, 7) is 2.56. The molecule has 0 bridgehead atoms. The van der Waals surface area contributed by atoms with E-state index in [4.69, 9.17) is 11.6 Å². The van der Waals surface area contributed by atoms with Gasteiger partial charge in [0.1, 0.15) is 5.52 Å². The topological polar surface area (TPSA) is 102 Å². The van der Waals surface area contributed by atoms with Gasteiger partial charge in [-0.1, -0.05) is 23.7 Å². The van der Waals surface area contributed by atoms with Crippen molar-refractivity contribution in [2.45, 2.75) is 20.0 Å². The van der Waals surface area contributed by atoms with Crippen LogP contribution in [-0.4, -0.2) is 32.0 Å². The van der Waals surface area contributed by atoms with Gasteiger partial charge in [0, 0.05) is 31.6 Å². The first-order chi connectivity index (χ1) is 12.5. The number of hydrogen-bond acceptors (Lipinski definition) is 6. The highest BCUT2D eigenvalue weighted by Gasteiger charge is 2.08. The van der Waals surface area contributed by atoms with Gasteiger partial charge in [0.25, 0.3) is 5.56 Å². The summed E-state index contributed by atoms with van der Waals surface area (Å²) in [6, 6.07) is 7.43. The van der Waals surface area contributed by atoms with E-state index in [1.165, 1.54) is 17.7 Å². The van der Waals surface area contributed by atoms with Crippen LogP contribution in [0.1, 0.15) is 12.5 Å². The van der Waals surface area contributed by atoms with Gasteiger partial charge >= 0.3 is 0 Å². The van der Waals surface area contributed by atoms with Crippen molar-refractivity contribution in [2.24, 2.45) is 0 Å². The summed E-state index contributed by atoms with van der Waals surface area (Å²) in [5.74, 6) is 0.226. The summed E-state index contributed by atoms with van der Waals surface area (Å²) in [6.07, 6.45) is 2.78. The smallest absolute Gasteiger partial charge is 0.270 e. The lowest BCUT2D eigenvalue weighted by molar-refractivity contribution is -0.118. The van der Waals surface area contributed by atoms with Crippen molar-refractivity contribution >= 4 is 34.6 Å². The first-order valence-corrected chi connectivity index (χ1v) is 8.36. The predicted octanol–water partition coefficient (Wildman–Crippen LogP) is 1.59. The fraction of sp³-hybridized carbons (Fsp3) is 0.235. The molecule has 26 heavy (non-hydrogen) atoms. The van der Waals surface area contributed by atoms with Crippen molar-refractivity contribution in [3.05, 3.63) is 57.6 Å². The number of amides is 1. The molecule has 134 valence electrons. The van der Waals surface area contributed by atoms with Gasteiger partial charge in [-0.05, 0) is 17.7 Å². The van der Waals surface area contributed by atoms with Crippen LogP contribution in [0.4, 0.5) is 5.95 Å². The Bertz CT molecular complexity index is 987. The summed E-state index contributed by atoms with van der Waals surface area (Å²) in [7, 11) is 0. The van der Waals surface area contributed by atoms with Crippen LogP contribution in [0, 0.1) is 0 Å². The number of fused-ring (bicyclic) bond motifs is 1. The standard InChI is InChI=1S/C17H17ClN6O2/c1-11(25)19-6-7-24-15(26)10-20-14-9-22-17(23-16(14)24)21-8-12-2-4-13(18)5-3-12/h2-5,9-10H,6-8H2,1H3,(H,19,25)(H,21,22,23). The van der Waals surface area contributed by atoms with Crippen molar-refractivity contribution in [3.8, 4) is 0 Å². The number of carbonyl (C=O) groups excluding carboxylic acids is 1. The van der Waals surface area contributed by atoms with E-state index in [1.807, 2.05) is 24.3 Å². The van der Waals surface area contributed by atoms with Crippen molar-refractivity contribution in [3.63, 3.8) is 0 Å². The van der Waals surface area contributed by atoms with E-state index >= 15 is 0 Å². The molecule has 0 aliphatic carbocycles. The zero-order chi connectivity index (χ0) is 18.5. The molecule has 9 heteroatoms. The molecule has 2 N–H and O–H groups in total. The second-order valence-electron chi connectivity index (χ2n) is 5.61. The molecule has 2 aromatic heterocycles. The maximum atomic E-state index is 12.1. The lowest BCUT2D eigenvalue weighted by Gasteiger charge is -2.10. The zero-order valence-corrected chi connectivity index (χ0v) is 14.8. The molecule has 3 aromatic rings. The molecular formula is C17H17ClN6O2. The highest BCUT2D eigenvalue weighted by molar-refractivity contribution is 6.30. The SMILES string of the molecule is CC(=O)NCCn1c(=O)cnc2cnc(NCc3ccc(Cl)cc3)nc21. The van der Waals surface area contributed by atoms with Gasteiger partial charge in [-0.25, -0.2) is 9.97 Å². The summed E-state index contributed by atoms with van der Waals surface area (Å²) < 4.78 is 1.47. The van der Waals surface area contributed by atoms with Gasteiger partial charge in [-0.2, -0.15) is 4.98 Å². The first-order valence-electron chi connectivity index (χ1n) is 7.98. The number of nitrogens with one attached hydrogen (secondary N) is 2. The molecule has 0 atom stereocenters. The number of benzene rings is 1. The lowest BCUT2D eigenvalue weighted by Crippen LogP contribution is -2.30. The number of carbonyl (C=O) groups is 1. The molecule has 0 unspecified atom stereocenters. The maximum absolute atomic E-state index is 12.1. The summed E-state index contributed by atoms with van der Waals surface area (Å²) in [4.78, 5) is 35.8. The van der Waals surface area contributed by atoms with Gasteiger partial charge in [-0.3, -0.25) is 14.2 Å². The largest absolute Gasteiger partial charge is 0.355 e. The average Bonchev–Trinajstić information content (AvgIpc) is 2.63. The molecule has 0 aliphatic heterocycles. The molecule has 1 amide bonds. The highest BCUT2D eigenvalue weighted by Crippen LogP contribution is 2.12. The number of anilines is 1. The third-order valence-corrected chi connectivity index (χ3v) is 3.91. The predicted molar refractivity (Wildman–Crippen MR) is 99.1 cm³/mol. The molecule has 0 saturated heterocycles. The van der Waals surface area contributed by atoms with E-state index in [9.17, 15) is 9.59 Å². The molecular weight excluding hydrogens is 356 g/mol. The molecule has 3 rings (SSSR count). The van der Waals surface area contributed by atoms with Gasteiger partial charge < -0.3 is 10.6 Å². The van der Waals surface area contributed by atoms with Gasteiger partial charge in [0.15, 0.2) is 5.65 Å².